The van der Waals surface area contributed by atoms with E-state index in [1.807, 2.05) is 0 Å². The van der Waals surface area contributed by atoms with Crippen molar-refractivity contribution in [1.82, 2.24) is 19.1 Å². The number of nitrogens with zero attached hydrogens (tertiary/aromatic N) is 4. The topological polar surface area (TPSA) is 35.6 Å². The smallest absolute Gasteiger partial charge is 0.160 e. The second kappa shape index (κ2) is 11.8. The first kappa shape index (κ1) is 31.4. The minimum absolute atomic E-state index is 0.701. The molecule has 0 bridgehead atoms. The molecule has 268 valence electrons. The molecule has 0 N–H and O–H groups in total. The van der Waals surface area contributed by atoms with E-state index in [9.17, 15) is 0 Å². The summed E-state index contributed by atoms with van der Waals surface area (Å²) in [7, 11) is 0. The molecule has 58 heavy (non-hydrogen) atoms. The normalized spacial score (nSPS) is 12.1. The zero-order valence-corrected chi connectivity index (χ0v) is 31.3. The maximum absolute atomic E-state index is 5.42. The number of fused-ring (bicyclic) bond motifs is 9. The first-order valence-corrected chi connectivity index (χ1v) is 19.8. The zero-order valence-electron chi connectivity index (χ0n) is 31.3. The van der Waals surface area contributed by atoms with Gasteiger partial charge in [0.1, 0.15) is 0 Å². The van der Waals surface area contributed by atoms with Crippen LogP contribution in [0.4, 0.5) is 0 Å². The molecule has 3 aromatic heterocycles. The van der Waals surface area contributed by atoms with Crippen molar-refractivity contribution in [2.75, 3.05) is 0 Å². The molecule has 0 unspecified atom stereocenters. The van der Waals surface area contributed by atoms with Crippen LogP contribution in [-0.4, -0.2) is 19.1 Å². The third kappa shape index (κ3) is 4.34. The minimum Gasteiger partial charge on any atom is -0.309 e. The largest absolute Gasteiger partial charge is 0.309 e. The quantitative estimate of drug-likeness (QED) is 0.169. The van der Waals surface area contributed by atoms with Gasteiger partial charge in [-0.15, -0.1) is 0 Å². The Bertz CT molecular complexity index is 3790. The standard InChI is InChI=1S/C54H32N4/c1-2-16-36(17-3-1)57-46-26-11-9-21-40(46)44-31-34(28-29-47(44)57)53-43-23-8-10-25-45(43)55-54(56-53)35-15-12-18-37(30-35)58-48-27-13-24-42-39-20-6-7-22-41(39)50-38-19-5-4-14-33(38)32-49(58)52(50)51(42)48/h1-32H. The zero-order chi connectivity index (χ0) is 37.9. The predicted octanol–water partition coefficient (Wildman–Crippen LogP) is 14.1. The van der Waals surface area contributed by atoms with Gasteiger partial charge in [0.25, 0.3) is 0 Å². The number of aromatic nitrogens is 4. The Balaban J connectivity index is 1.04. The predicted molar refractivity (Wildman–Crippen MR) is 243 cm³/mol. The van der Waals surface area contributed by atoms with Gasteiger partial charge < -0.3 is 9.13 Å². The molecule has 10 aromatic carbocycles. The molecule has 0 atom stereocenters. The summed E-state index contributed by atoms with van der Waals surface area (Å²) in [6.45, 7) is 0. The summed E-state index contributed by atoms with van der Waals surface area (Å²) < 4.78 is 4.80. The molecule has 0 saturated heterocycles. The highest BCUT2D eigenvalue weighted by atomic mass is 15.0. The maximum atomic E-state index is 5.42. The number of hydrogen-bond acceptors (Lipinski definition) is 2. The Labute approximate surface area is 332 Å². The molecular formula is C54H32N4. The summed E-state index contributed by atoms with van der Waals surface area (Å²) in [6.07, 6.45) is 0. The van der Waals surface area contributed by atoms with Crippen molar-refractivity contribution in [2.45, 2.75) is 0 Å². The van der Waals surface area contributed by atoms with Gasteiger partial charge in [-0.1, -0.05) is 133 Å². The molecule has 0 aliphatic heterocycles. The highest BCUT2D eigenvalue weighted by Crippen LogP contribution is 2.46. The van der Waals surface area contributed by atoms with Gasteiger partial charge in [0, 0.05) is 54.8 Å². The summed E-state index contributed by atoms with van der Waals surface area (Å²) in [6, 6.07) is 70.0. The summed E-state index contributed by atoms with van der Waals surface area (Å²) >= 11 is 0. The lowest BCUT2D eigenvalue weighted by atomic mass is 9.91. The number of para-hydroxylation sites is 3. The third-order valence-corrected chi connectivity index (χ3v) is 12.2. The average molecular weight is 737 g/mol. The fourth-order valence-electron chi connectivity index (χ4n) is 9.78. The van der Waals surface area contributed by atoms with Gasteiger partial charge in [0.2, 0.25) is 0 Å². The molecule has 0 saturated carbocycles. The van der Waals surface area contributed by atoms with E-state index in [0.29, 0.717) is 5.82 Å². The minimum atomic E-state index is 0.701. The van der Waals surface area contributed by atoms with Crippen LogP contribution in [0.3, 0.4) is 0 Å². The summed E-state index contributed by atoms with van der Waals surface area (Å²) in [5.41, 5.74) is 10.8. The molecule has 0 fully saturated rings. The molecule has 4 heteroatoms. The van der Waals surface area contributed by atoms with Gasteiger partial charge >= 0.3 is 0 Å². The second-order valence-corrected chi connectivity index (χ2v) is 15.3. The number of benzene rings is 10. The van der Waals surface area contributed by atoms with Crippen molar-refractivity contribution < 1.29 is 0 Å². The first-order chi connectivity index (χ1) is 28.8. The summed E-state index contributed by atoms with van der Waals surface area (Å²) in [4.78, 5) is 10.6. The van der Waals surface area contributed by atoms with Crippen molar-refractivity contribution in [2.24, 2.45) is 0 Å². The highest BCUT2D eigenvalue weighted by Gasteiger charge is 2.22. The van der Waals surface area contributed by atoms with Crippen molar-refractivity contribution in [3.63, 3.8) is 0 Å². The van der Waals surface area contributed by atoms with E-state index < -0.39 is 0 Å². The maximum Gasteiger partial charge on any atom is 0.160 e. The van der Waals surface area contributed by atoms with Crippen LogP contribution in [-0.2, 0) is 0 Å². The van der Waals surface area contributed by atoms with Crippen LogP contribution in [0.25, 0.3) is 121 Å². The molecule has 0 radical (unpaired) electrons. The van der Waals surface area contributed by atoms with Crippen LogP contribution in [0.2, 0.25) is 0 Å². The third-order valence-electron chi connectivity index (χ3n) is 12.2. The molecule has 13 rings (SSSR count). The second-order valence-electron chi connectivity index (χ2n) is 15.3. The molecule has 13 aromatic rings. The van der Waals surface area contributed by atoms with E-state index in [1.165, 1.54) is 75.9 Å². The van der Waals surface area contributed by atoms with Gasteiger partial charge in [0.15, 0.2) is 5.82 Å². The summed E-state index contributed by atoms with van der Waals surface area (Å²) in [5, 5.41) is 13.7. The molecule has 0 spiro atoms. The lowest BCUT2D eigenvalue weighted by molar-refractivity contribution is 1.17. The van der Waals surface area contributed by atoms with Crippen molar-refractivity contribution in [1.29, 1.82) is 0 Å². The SMILES string of the molecule is c1ccc(-n2c3ccccc3c3cc(-c4nc(-c5cccc(-n6c7cccc8c9ccccc9c9c%10ccccc%10cc6c9c87)c5)nc5ccccc45)ccc32)cc1. The van der Waals surface area contributed by atoms with Gasteiger partial charge in [-0.05, 0) is 87.6 Å². The van der Waals surface area contributed by atoms with Crippen LogP contribution in [0, 0.1) is 0 Å². The van der Waals surface area contributed by atoms with E-state index >= 15 is 0 Å². The Hall–Kier alpha value is -7.82. The Morgan fingerprint density at radius 3 is 1.84 bits per heavy atom. The average Bonchev–Trinajstić information content (AvgIpc) is 3.81. The molecule has 3 heterocycles. The van der Waals surface area contributed by atoms with Crippen LogP contribution in [0.15, 0.2) is 194 Å². The Kier molecular flexibility index (Phi) is 6.41. The fourth-order valence-corrected chi connectivity index (χ4v) is 9.78. The number of rotatable bonds is 4. The first-order valence-electron chi connectivity index (χ1n) is 19.8. The van der Waals surface area contributed by atoms with Gasteiger partial charge in [-0.25, -0.2) is 9.97 Å². The van der Waals surface area contributed by atoms with Crippen LogP contribution in [0.1, 0.15) is 0 Å². The molecule has 0 aliphatic carbocycles. The van der Waals surface area contributed by atoms with Crippen molar-refractivity contribution >= 4 is 86.8 Å². The lowest BCUT2D eigenvalue weighted by Crippen LogP contribution is -1.98. The van der Waals surface area contributed by atoms with Gasteiger partial charge in [-0.2, -0.15) is 0 Å². The Morgan fingerprint density at radius 1 is 0.310 bits per heavy atom. The van der Waals surface area contributed by atoms with Crippen molar-refractivity contribution in [3.8, 4) is 34.0 Å². The number of hydrogen-bond donors (Lipinski definition) is 0. The van der Waals surface area contributed by atoms with Crippen LogP contribution >= 0.6 is 0 Å². The van der Waals surface area contributed by atoms with E-state index in [-0.39, 0.29) is 0 Å². The van der Waals surface area contributed by atoms with E-state index in [0.717, 1.165) is 39.1 Å². The molecular weight excluding hydrogens is 705 g/mol. The van der Waals surface area contributed by atoms with E-state index in [1.54, 1.807) is 0 Å². The van der Waals surface area contributed by atoms with Crippen LogP contribution in [0.5, 0.6) is 0 Å². The highest BCUT2D eigenvalue weighted by molar-refractivity contribution is 6.39. The van der Waals surface area contributed by atoms with Gasteiger partial charge in [0.05, 0.1) is 33.3 Å². The molecule has 0 amide bonds. The lowest BCUT2D eigenvalue weighted by Gasteiger charge is -2.13. The van der Waals surface area contributed by atoms with E-state index in [4.69, 9.17) is 9.97 Å². The van der Waals surface area contributed by atoms with Crippen LogP contribution < -0.4 is 0 Å². The summed E-state index contributed by atoms with van der Waals surface area (Å²) in [5.74, 6) is 0.701. The van der Waals surface area contributed by atoms with Gasteiger partial charge in [-0.3, -0.25) is 0 Å². The Morgan fingerprint density at radius 2 is 0.948 bits per heavy atom. The van der Waals surface area contributed by atoms with Crippen molar-refractivity contribution in [3.05, 3.63) is 194 Å². The monoisotopic (exact) mass is 736 g/mol. The fraction of sp³-hybridized carbons (Fsp3) is 0. The van der Waals surface area contributed by atoms with E-state index in [2.05, 4.69) is 203 Å². The molecule has 4 nitrogen and oxygen atoms in total. The molecule has 0 aliphatic rings.